The molecule has 2 rings (SSSR count). The summed E-state index contributed by atoms with van der Waals surface area (Å²) in [5.41, 5.74) is 0.879. The van der Waals surface area contributed by atoms with Crippen molar-refractivity contribution in [3.8, 4) is 5.75 Å². The number of alkyl halides is 2. The number of carbonyl (C=O) groups is 1. The Morgan fingerprint density at radius 3 is 2.62 bits per heavy atom. The van der Waals surface area contributed by atoms with Crippen LogP contribution >= 0.6 is 0 Å². The summed E-state index contributed by atoms with van der Waals surface area (Å²) in [5.74, 6) is -0.943. The van der Waals surface area contributed by atoms with E-state index in [1.807, 2.05) is 0 Å². The second-order valence-corrected chi connectivity index (χ2v) is 4.51. The van der Waals surface area contributed by atoms with Gasteiger partial charge in [0.05, 0.1) is 6.21 Å². The van der Waals surface area contributed by atoms with Gasteiger partial charge < -0.3 is 14.9 Å². The van der Waals surface area contributed by atoms with E-state index in [-0.39, 0.29) is 12.4 Å². The Hall–Kier alpha value is -3.03. The molecule has 0 spiro atoms. The van der Waals surface area contributed by atoms with Crippen molar-refractivity contribution >= 4 is 17.8 Å². The van der Waals surface area contributed by atoms with Gasteiger partial charge >= 0.3 is 6.61 Å². The highest BCUT2D eigenvalue weighted by molar-refractivity contribution is 5.91. The van der Waals surface area contributed by atoms with Gasteiger partial charge in [-0.25, -0.2) is 4.39 Å². The summed E-state index contributed by atoms with van der Waals surface area (Å²) < 4.78 is 41.1. The maximum Gasteiger partial charge on any atom is 0.387 e. The molecular weight excluding hydrogens is 325 g/mol. The highest BCUT2D eigenvalue weighted by atomic mass is 19.3. The Kier molecular flexibility index (Phi) is 6.18. The lowest BCUT2D eigenvalue weighted by molar-refractivity contribution is -0.120. The third kappa shape index (κ3) is 5.99. The van der Waals surface area contributed by atoms with E-state index in [4.69, 9.17) is 4.84 Å². The third-order valence-electron chi connectivity index (χ3n) is 2.69. The minimum Gasteiger partial charge on any atom is -0.435 e. The summed E-state index contributed by atoms with van der Waals surface area (Å²) >= 11 is 0. The molecular formula is C16H13F3N2O3. The number of oxime groups is 1. The molecule has 0 heterocycles. The van der Waals surface area contributed by atoms with Gasteiger partial charge in [-0.3, -0.25) is 4.79 Å². The molecule has 0 unspecified atom stereocenters. The SMILES string of the molecule is O=C(CO/N=C\c1ccc(OC(F)F)cc1)Nc1cccc(F)c1. The summed E-state index contributed by atoms with van der Waals surface area (Å²) in [6, 6.07) is 11.1. The molecule has 24 heavy (non-hydrogen) atoms. The Morgan fingerprint density at radius 1 is 1.21 bits per heavy atom. The van der Waals surface area contributed by atoms with Gasteiger partial charge in [0.2, 0.25) is 0 Å². The second-order valence-electron chi connectivity index (χ2n) is 4.51. The average molecular weight is 338 g/mol. The van der Waals surface area contributed by atoms with Gasteiger partial charge in [-0.05, 0) is 48.0 Å². The van der Waals surface area contributed by atoms with Crippen molar-refractivity contribution < 1.29 is 27.5 Å². The highest BCUT2D eigenvalue weighted by Crippen LogP contribution is 2.14. The Balaban J connectivity index is 1.76. The number of amides is 1. The van der Waals surface area contributed by atoms with Gasteiger partial charge in [0.25, 0.3) is 5.91 Å². The minimum atomic E-state index is -2.88. The predicted molar refractivity (Wildman–Crippen MR) is 81.6 cm³/mol. The van der Waals surface area contributed by atoms with Crippen molar-refractivity contribution in [3.63, 3.8) is 0 Å². The number of hydrogen-bond acceptors (Lipinski definition) is 4. The fraction of sp³-hybridized carbons (Fsp3) is 0.125. The molecule has 1 amide bonds. The van der Waals surface area contributed by atoms with Crippen LogP contribution in [0.5, 0.6) is 5.75 Å². The Bertz CT molecular complexity index is 706. The molecule has 5 nitrogen and oxygen atoms in total. The summed E-state index contributed by atoms with van der Waals surface area (Å²) in [5, 5.41) is 6.02. The minimum absolute atomic E-state index is 0.0255. The topological polar surface area (TPSA) is 59.9 Å². The molecule has 1 N–H and O–H groups in total. The van der Waals surface area contributed by atoms with Crippen LogP contribution in [-0.4, -0.2) is 25.3 Å². The highest BCUT2D eigenvalue weighted by Gasteiger charge is 2.04. The lowest BCUT2D eigenvalue weighted by Gasteiger charge is -2.04. The molecule has 2 aromatic rings. The Morgan fingerprint density at radius 2 is 1.96 bits per heavy atom. The van der Waals surface area contributed by atoms with E-state index in [1.54, 1.807) is 0 Å². The van der Waals surface area contributed by atoms with Crippen LogP contribution in [0.3, 0.4) is 0 Å². The van der Waals surface area contributed by atoms with Crippen LogP contribution in [0.4, 0.5) is 18.9 Å². The zero-order valence-corrected chi connectivity index (χ0v) is 12.3. The number of benzene rings is 2. The molecule has 0 saturated carbocycles. The molecule has 126 valence electrons. The number of ether oxygens (including phenoxy) is 1. The summed E-state index contributed by atoms with van der Waals surface area (Å²) in [7, 11) is 0. The molecule has 0 radical (unpaired) electrons. The first-order valence-electron chi connectivity index (χ1n) is 6.78. The monoisotopic (exact) mass is 338 g/mol. The first-order valence-corrected chi connectivity index (χ1v) is 6.78. The van der Waals surface area contributed by atoms with E-state index in [1.165, 1.54) is 54.7 Å². The van der Waals surface area contributed by atoms with E-state index in [9.17, 15) is 18.0 Å². The number of nitrogens with zero attached hydrogens (tertiary/aromatic N) is 1. The van der Waals surface area contributed by atoms with Crippen LogP contribution in [0.2, 0.25) is 0 Å². The van der Waals surface area contributed by atoms with Gasteiger partial charge in [0.1, 0.15) is 11.6 Å². The summed E-state index contributed by atoms with van der Waals surface area (Å²) in [4.78, 5) is 16.4. The number of rotatable bonds is 7. The number of hydrogen-bond donors (Lipinski definition) is 1. The lowest BCUT2D eigenvalue weighted by Crippen LogP contribution is -2.17. The van der Waals surface area contributed by atoms with Crippen molar-refractivity contribution in [2.45, 2.75) is 6.61 Å². The van der Waals surface area contributed by atoms with Crippen molar-refractivity contribution in [1.82, 2.24) is 0 Å². The fourth-order valence-corrected chi connectivity index (χ4v) is 1.69. The molecule has 0 fully saturated rings. The van der Waals surface area contributed by atoms with Crippen LogP contribution in [0.1, 0.15) is 5.56 Å². The van der Waals surface area contributed by atoms with E-state index < -0.39 is 18.3 Å². The van der Waals surface area contributed by atoms with Gasteiger partial charge in [-0.2, -0.15) is 8.78 Å². The zero-order chi connectivity index (χ0) is 17.4. The largest absolute Gasteiger partial charge is 0.435 e. The standard InChI is InChI=1S/C16H13F3N2O3/c17-12-2-1-3-13(8-12)21-15(22)10-23-20-9-11-4-6-14(7-5-11)24-16(18)19/h1-9,16H,10H2,(H,21,22)/b20-9-. The van der Waals surface area contributed by atoms with Crippen molar-refractivity contribution in [2.75, 3.05) is 11.9 Å². The first kappa shape index (κ1) is 17.3. The van der Waals surface area contributed by atoms with Crippen molar-refractivity contribution in [3.05, 3.63) is 59.9 Å². The molecule has 0 aliphatic carbocycles. The van der Waals surface area contributed by atoms with Gasteiger partial charge in [0.15, 0.2) is 6.61 Å². The van der Waals surface area contributed by atoms with E-state index in [0.717, 1.165) is 0 Å². The van der Waals surface area contributed by atoms with Gasteiger partial charge in [-0.15, -0.1) is 0 Å². The lowest BCUT2D eigenvalue weighted by atomic mass is 10.2. The van der Waals surface area contributed by atoms with Crippen LogP contribution in [0, 0.1) is 5.82 Å². The van der Waals surface area contributed by atoms with E-state index in [2.05, 4.69) is 15.2 Å². The van der Waals surface area contributed by atoms with Crippen LogP contribution in [-0.2, 0) is 9.63 Å². The quantitative estimate of drug-likeness (QED) is 0.622. The van der Waals surface area contributed by atoms with Crippen LogP contribution in [0.25, 0.3) is 0 Å². The van der Waals surface area contributed by atoms with Crippen LogP contribution in [0.15, 0.2) is 53.7 Å². The normalized spacial score (nSPS) is 10.8. The molecule has 0 saturated heterocycles. The number of anilines is 1. The summed E-state index contributed by atoms with van der Waals surface area (Å²) in [6.07, 6.45) is 1.31. The smallest absolute Gasteiger partial charge is 0.387 e. The van der Waals surface area contributed by atoms with E-state index >= 15 is 0 Å². The van der Waals surface area contributed by atoms with Gasteiger partial charge in [0, 0.05) is 5.69 Å². The maximum atomic E-state index is 13.0. The van der Waals surface area contributed by atoms with E-state index in [0.29, 0.717) is 11.3 Å². The maximum absolute atomic E-state index is 13.0. The van der Waals surface area contributed by atoms with Crippen molar-refractivity contribution in [2.24, 2.45) is 5.16 Å². The number of halogens is 3. The molecule has 0 atom stereocenters. The second kappa shape index (κ2) is 8.56. The zero-order valence-electron chi connectivity index (χ0n) is 12.3. The molecule has 2 aromatic carbocycles. The molecule has 0 aliphatic rings. The molecule has 0 aliphatic heterocycles. The predicted octanol–water partition coefficient (Wildman–Crippen LogP) is 3.42. The first-order chi connectivity index (χ1) is 11.5. The van der Waals surface area contributed by atoms with Gasteiger partial charge in [-0.1, -0.05) is 11.2 Å². The fourth-order valence-electron chi connectivity index (χ4n) is 1.69. The Labute approximate surface area is 135 Å². The number of nitrogens with one attached hydrogen (secondary N) is 1. The average Bonchev–Trinajstić information content (AvgIpc) is 2.52. The number of carbonyl (C=O) groups excluding carboxylic acids is 1. The molecule has 0 bridgehead atoms. The third-order valence-corrected chi connectivity index (χ3v) is 2.69. The van der Waals surface area contributed by atoms with Crippen LogP contribution < -0.4 is 10.1 Å². The van der Waals surface area contributed by atoms with Crippen molar-refractivity contribution in [1.29, 1.82) is 0 Å². The molecule has 8 heteroatoms. The molecule has 0 aromatic heterocycles. The summed E-state index contributed by atoms with van der Waals surface area (Å²) in [6.45, 7) is -3.25.